The molecular weight excluding hydrogens is 236 g/mol. The van der Waals surface area contributed by atoms with Gasteiger partial charge in [-0.05, 0) is 18.7 Å². The highest BCUT2D eigenvalue weighted by Crippen LogP contribution is 1.76. The first-order valence-electron chi connectivity index (χ1n) is 3.75. The molecular formula is C8H11BrN2O2. The van der Waals surface area contributed by atoms with Crippen molar-refractivity contribution in [3.63, 3.8) is 0 Å². The van der Waals surface area contributed by atoms with Crippen LogP contribution in [0.4, 0.5) is 0 Å². The second kappa shape index (κ2) is 6.49. The number of carbonyl (C=O) groups excluding carboxylic acids is 2. The molecule has 0 aliphatic rings. The Morgan fingerprint density at radius 3 is 2.54 bits per heavy atom. The number of nitrogens with one attached hydrogen (secondary N) is 2. The van der Waals surface area contributed by atoms with Crippen molar-refractivity contribution in [2.24, 2.45) is 0 Å². The number of amides is 2. The van der Waals surface area contributed by atoms with E-state index in [2.05, 4.69) is 37.3 Å². The third kappa shape index (κ3) is 7.34. The van der Waals surface area contributed by atoms with E-state index in [0.717, 1.165) is 0 Å². The minimum absolute atomic E-state index is 0.0430. The highest BCUT2D eigenvalue weighted by Gasteiger charge is 2.03. The molecule has 0 unspecified atom stereocenters. The molecule has 0 aliphatic heterocycles. The van der Waals surface area contributed by atoms with E-state index >= 15 is 0 Å². The summed E-state index contributed by atoms with van der Waals surface area (Å²) in [5, 5.41) is 4.96. The molecule has 4 nitrogen and oxygen atoms in total. The van der Waals surface area contributed by atoms with Crippen molar-refractivity contribution < 1.29 is 9.59 Å². The first kappa shape index (κ1) is 12.0. The van der Waals surface area contributed by atoms with Crippen LogP contribution in [0.1, 0.15) is 13.8 Å². The maximum atomic E-state index is 11.0. The SMILES string of the molecule is CC(C)NC(=O)CNC(=O)C#CBr. The smallest absolute Gasteiger partial charge is 0.297 e. The summed E-state index contributed by atoms with van der Waals surface area (Å²) in [4.78, 5) is 24.0. The second-order valence-electron chi connectivity index (χ2n) is 2.62. The molecule has 13 heavy (non-hydrogen) atoms. The predicted octanol–water partition coefficient (Wildman–Crippen LogP) is -0.0170. The number of hydrogen-bond acceptors (Lipinski definition) is 2. The Labute approximate surface area is 85.6 Å². The van der Waals surface area contributed by atoms with Gasteiger partial charge < -0.3 is 10.6 Å². The van der Waals surface area contributed by atoms with Gasteiger partial charge in [-0.15, -0.1) is 0 Å². The zero-order valence-corrected chi connectivity index (χ0v) is 9.06. The lowest BCUT2D eigenvalue weighted by Gasteiger charge is -2.07. The van der Waals surface area contributed by atoms with Crippen molar-refractivity contribution >= 4 is 27.7 Å². The van der Waals surface area contributed by atoms with E-state index < -0.39 is 5.91 Å². The van der Waals surface area contributed by atoms with Crippen LogP contribution in [0.15, 0.2) is 0 Å². The Balaban J connectivity index is 3.68. The summed E-state index contributed by atoms with van der Waals surface area (Å²) in [5.41, 5.74) is 0. The molecule has 0 fully saturated rings. The highest BCUT2D eigenvalue weighted by atomic mass is 79.9. The van der Waals surface area contributed by atoms with Crippen molar-refractivity contribution in [3.8, 4) is 10.8 Å². The first-order valence-corrected chi connectivity index (χ1v) is 4.54. The van der Waals surface area contributed by atoms with Gasteiger partial charge >= 0.3 is 0 Å². The predicted molar refractivity (Wildman–Crippen MR) is 53.0 cm³/mol. The fourth-order valence-corrected chi connectivity index (χ4v) is 0.801. The van der Waals surface area contributed by atoms with Crippen LogP contribution in [-0.2, 0) is 9.59 Å². The monoisotopic (exact) mass is 246 g/mol. The number of halogens is 1. The van der Waals surface area contributed by atoms with Crippen LogP contribution >= 0.6 is 15.9 Å². The van der Waals surface area contributed by atoms with Crippen molar-refractivity contribution in [1.29, 1.82) is 0 Å². The van der Waals surface area contributed by atoms with E-state index in [0.29, 0.717) is 0 Å². The largest absolute Gasteiger partial charge is 0.352 e. The van der Waals surface area contributed by atoms with E-state index in [1.807, 2.05) is 13.8 Å². The van der Waals surface area contributed by atoms with E-state index in [1.165, 1.54) is 0 Å². The van der Waals surface area contributed by atoms with Crippen LogP contribution in [0.5, 0.6) is 0 Å². The molecule has 0 atom stereocenters. The van der Waals surface area contributed by atoms with Crippen molar-refractivity contribution in [2.45, 2.75) is 19.9 Å². The van der Waals surface area contributed by atoms with Crippen LogP contribution in [0.25, 0.3) is 0 Å². The van der Waals surface area contributed by atoms with Gasteiger partial charge in [0, 0.05) is 27.9 Å². The maximum Gasteiger partial charge on any atom is 0.297 e. The van der Waals surface area contributed by atoms with E-state index in [1.54, 1.807) is 0 Å². The van der Waals surface area contributed by atoms with E-state index in [9.17, 15) is 9.59 Å². The molecule has 0 rings (SSSR count). The third-order valence-corrected chi connectivity index (χ3v) is 1.22. The average Bonchev–Trinajstić information content (AvgIpc) is 2.00. The molecule has 5 heteroatoms. The Morgan fingerprint density at radius 2 is 2.08 bits per heavy atom. The Morgan fingerprint density at radius 1 is 1.46 bits per heavy atom. The summed E-state index contributed by atoms with van der Waals surface area (Å²) < 4.78 is 0. The minimum atomic E-state index is -0.476. The lowest BCUT2D eigenvalue weighted by Crippen LogP contribution is -2.39. The zero-order valence-electron chi connectivity index (χ0n) is 7.48. The summed E-state index contributed by atoms with van der Waals surface area (Å²) >= 11 is 2.77. The van der Waals surface area contributed by atoms with E-state index in [-0.39, 0.29) is 18.5 Å². The van der Waals surface area contributed by atoms with Crippen molar-refractivity contribution in [2.75, 3.05) is 6.54 Å². The van der Waals surface area contributed by atoms with Crippen LogP contribution in [-0.4, -0.2) is 24.4 Å². The van der Waals surface area contributed by atoms with Crippen LogP contribution in [0.2, 0.25) is 0 Å². The third-order valence-electron chi connectivity index (χ3n) is 1.02. The van der Waals surface area contributed by atoms with Crippen molar-refractivity contribution in [1.82, 2.24) is 10.6 Å². The molecule has 0 aliphatic carbocycles. The summed E-state index contributed by atoms with van der Waals surface area (Å²) in [6.07, 6.45) is 0. The zero-order chi connectivity index (χ0) is 10.3. The van der Waals surface area contributed by atoms with Crippen molar-refractivity contribution in [3.05, 3.63) is 0 Å². The summed E-state index contributed by atoms with van der Waals surface area (Å²) in [7, 11) is 0. The van der Waals surface area contributed by atoms with Gasteiger partial charge in [0.2, 0.25) is 5.91 Å². The molecule has 0 radical (unpaired) electrons. The fraction of sp³-hybridized carbons (Fsp3) is 0.500. The van der Waals surface area contributed by atoms with E-state index in [4.69, 9.17) is 0 Å². The van der Waals surface area contributed by atoms with Crippen LogP contribution in [0.3, 0.4) is 0 Å². The lowest BCUT2D eigenvalue weighted by atomic mass is 10.4. The molecule has 2 N–H and O–H groups in total. The van der Waals surface area contributed by atoms with Gasteiger partial charge in [0.05, 0.1) is 6.54 Å². The lowest BCUT2D eigenvalue weighted by molar-refractivity contribution is -0.124. The first-order chi connectivity index (χ1) is 6.06. The molecule has 2 amide bonds. The van der Waals surface area contributed by atoms with Gasteiger partial charge in [0.15, 0.2) is 0 Å². The summed E-state index contributed by atoms with van der Waals surface area (Å²) in [5.74, 6) is 1.49. The Hall–Kier alpha value is -1.02. The minimum Gasteiger partial charge on any atom is -0.352 e. The van der Waals surface area contributed by atoms with Gasteiger partial charge in [0.1, 0.15) is 0 Å². The number of carbonyl (C=O) groups is 2. The molecule has 0 aromatic carbocycles. The molecule has 0 spiro atoms. The van der Waals surface area contributed by atoms with Gasteiger partial charge in [-0.25, -0.2) is 0 Å². The van der Waals surface area contributed by atoms with Gasteiger partial charge in [-0.2, -0.15) is 0 Å². The molecule has 0 saturated heterocycles. The quantitative estimate of drug-likeness (QED) is 0.689. The number of rotatable bonds is 3. The van der Waals surface area contributed by atoms with Gasteiger partial charge in [-0.3, -0.25) is 9.59 Å². The van der Waals surface area contributed by atoms with Crippen LogP contribution < -0.4 is 10.6 Å². The van der Waals surface area contributed by atoms with Gasteiger partial charge in [0.25, 0.3) is 5.91 Å². The van der Waals surface area contributed by atoms with Crippen LogP contribution in [0, 0.1) is 10.8 Å². The Bertz CT molecular complexity index is 253. The fourth-order valence-electron chi connectivity index (χ4n) is 0.621. The Kier molecular flexibility index (Phi) is 5.98. The standard InChI is InChI=1S/C8H11BrN2O2/c1-6(2)11-8(13)5-10-7(12)3-4-9/h6H,5H2,1-2H3,(H,10,12)(H,11,13). The number of hydrogen-bond donors (Lipinski definition) is 2. The summed E-state index contributed by atoms with van der Waals surface area (Å²) in [6.45, 7) is 3.65. The topological polar surface area (TPSA) is 58.2 Å². The average molecular weight is 247 g/mol. The molecule has 0 aromatic heterocycles. The molecule has 0 bridgehead atoms. The molecule has 72 valence electrons. The maximum absolute atomic E-state index is 11.0. The van der Waals surface area contributed by atoms with Gasteiger partial charge in [-0.1, -0.05) is 0 Å². The molecule has 0 heterocycles. The highest BCUT2D eigenvalue weighted by molar-refractivity contribution is 9.12. The molecule has 0 saturated carbocycles. The normalized spacial score (nSPS) is 8.62. The molecule has 0 aromatic rings. The second-order valence-corrected chi connectivity index (χ2v) is 3.02. The summed E-state index contributed by atoms with van der Waals surface area (Å²) in [6, 6.07) is 0.0756.